The van der Waals surface area contributed by atoms with E-state index in [1.165, 1.54) is 18.2 Å². The molecule has 0 saturated carbocycles. The van der Waals surface area contributed by atoms with Crippen molar-refractivity contribution in [3.8, 4) is 11.3 Å². The van der Waals surface area contributed by atoms with E-state index in [1.807, 2.05) is 6.07 Å². The van der Waals surface area contributed by atoms with Crippen molar-refractivity contribution in [1.29, 1.82) is 0 Å². The maximum Gasteiger partial charge on any atom is 0.291 e. The van der Waals surface area contributed by atoms with Crippen molar-refractivity contribution in [3.05, 3.63) is 81.0 Å². The Morgan fingerprint density at radius 3 is 2.50 bits per heavy atom. The zero-order chi connectivity index (χ0) is 17.1. The van der Waals surface area contributed by atoms with E-state index in [2.05, 4.69) is 21.2 Å². The zero-order valence-electron chi connectivity index (χ0n) is 12.2. The summed E-state index contributed by atoms with van der Waals surface area (Å²) in [5.41, 5.74) is 0.846. The number of nitrogens with one attached hydrogen (secondary N) is 1. The van der Waals surface area contributed by atoms with E-state index in [4.69, 9.17) is 4.42 Å². The molecule has 1 aromatic heterocycles. The van der Waals surface area contributed by atoms with Crippen molar-refractivity contribution >= 4 is 33.2 Å². The highest BCUT2D eigenvalue weighted by Crippen LogP contribution is 2.31. The lowest BCUT2D eigenvalue weighted by Gasteiger charge is -2.05. The fourth-order valence-corrected chi connectivity index (χ4v) is 2.58. The molecule has 120 valence electrons. The molecule has 0 fully saturated rings. The van der Waals surface area contributed by atoms with Crippen LogP contribution in [-0.2, 0) is 0 Å². The van der Waals surface area contributed by atoms with E-state index < -0.39 is 10.8 Å². The molecule has 3 rings (SSSR count). The van der Waals surface area contributed by atoms with E-state index in [9.17, 15) is 14.9 Å². The van der Waals surface area contributed by atoms with Crippen LogP contribution in [0.1, 0.15) is 10.6 Å². The number of halogens is 1. The van der Waals surface area contributed by atoms with Gasteiger partial charge >= 0.3 is 0 Å². The number of amides is 1. The summed E-state index contributed by atoms with van der Waals surface area (Å²) in [5.74, 6) is -0.106. The molecule has 0 aliphatic heterocycles. The van der Waals surface area contributed by atoms with Gasteiger partial charge in [0.1, 0.15) is 5.76 Å². The third kappa shape index (κ3) is 3.21. The molecule has 0 bridgehead atoms. The number of anilines is 1. The van der Waals surface area contributed by atoms with Crippen molar-refractivity contribution in [3.63, 3.8) is 0 Å². The van der Waals surface area contributed by atoms with Crippen LogP contribution in [0.15, 0.2) is 69.6 Å². The van der Waals surface area contributed by atoms with E-state index in [0.717, 1.165) is 4.47 Å². The molecular weight excluding hydrogens is 376 g/mol. The van der Waals surface area contributed by atoms with E-state index in [-0.39, 0.29) is 17.2 Å². The fourth-order valence-electron chi connectivity index (χ4n) is 2.19. The van der Waals surface area contributed by atoms with Crippen LogP contribution in [-0.4, -0.2) is 10.8 Å². The van der Waals surface area contributed by atoms with Crippen molar-refractivity contribution < 1.29 is 14.1 Å². The first-order chi connectivity index (χ1) is 11.6. The summed E-state index contributed by atoms with van der Waals surface area (Å²) >= 11 is 3.34. The number of nitro groups is 1. The Balaban J connectivity index is 1.87. The van der Waals surface area contributed by atoms with E-state index >= 15 is 0 Å². The lowest BCUT2D eigenvalue weighted by molar-refractivity contribution is -0.384. The van der Waals surface area contributed by atoms with Gasteiger partial charge in [0.05, 0.1) is 16.2 Å². The largest absolute Gasteiger partial charge is 0.451 e. The summed E-state index contributed by atoms with van der Waals surface area (Å²) in [6.07, 6.45) is 0. The summed E-state index contributed by atoms with van der Waals surface area (Å²) in [6, 6.07) is 16.4. The Kier molecular flexibility index (Phi) is 4.43. The molecule has 3 aromatic rings. The lowest BCUT2D eigenvalue weighted by Crippen LogP contribution is -2.11. The molecule has 2 aromatic carbocycles. The number of para-hydroxylation sites is 2. The van der Waals surface area contributed by atoms with Crippen LogP contribution in [0.25, 0.3) is 11.3 Å². The Bertz CT molecular complexity index is 920. The number of carbonyl (C=O) groups excluding carboxylic acids is 1. The monoisotopic (exact) mass is 386 g/mol. The highest BCUT2D eigenvalue weighted by molar-refractivity contribution is 9.10. The number of nitrogens with zero attached hydrogens (tertiary/aromatic N) is 1. The minimum absolute atomic E-state index is 0.0684. The summed E-state index contributed by atoms with van der Waals surface area (Å²) in [6.45, 7) is 0. The van der Waals surface area contributed by atoms with E-state index in [1.54, 1.807) is 36.4 Å². The number of carbonyl (C=O) groups is 1. The average Bonchev–Trinajstić information content (AvgIpc) is 3.07. The van der Waals surface area contributed by atoms with Gasteiger partial charge in [-0.15, -0.1) is 0 Å². The standard InChI is InChI=1S/C17H11BrN2O4/c18-12-6-2-3-7-13(12)19-17(21)16-10-9-15(24-16)11-5-1-4-8-14(11)20(22)23/h1-10H,(H,19,21). The maximum atomic E-state index is 12.3. The van der Waals surface area contributed by atoms with Gasteiger partial charge in [-0.05, 0) is 46.3 Å². The molecule has 0 radical (unpaired) electrons. The first-order valence-electron chi connectivity index (χ1n) is 6.96. The van der Waals surface area contributed by atoms with Crippen LogP contribution in [0.4, 0.5) is 11.4 Å². The highest BCUT2D eigenvalue weighted by atomic mass is 79.9. The molecule has 0 aliphatic carbocycles. The van der Waals surface area contributed by atoms with Crippen molar-refractivity contribution in [1.82, 2.24) is 0 Å². The van der Waals surface area contributed by atoms with Crippen LogP contribution in [0.2, 0.25) is 0 Å². The molecule has 1 heterocycles. The van der Waals surface area contributed by atoms with Gasteiger partial charge in [0.15, 0.2) is 5.76 Å². The minimum atomic E-state index is -0.487. The van der Waals surface area contributed by atoms with Gasteiger partial charge in [-0.25, -0.2) is 0 Å². The molecule has 1 amide bonds. The van der Waals surface area contributed by atoms with Crippen LogP contribution in [0, 0.1) is 10.1 Å². The van der Waals surface area contributed by atoms with Gasteiger partial charge in [-0.1, -0.05) is 24.3 Å². The second-order valence-corrected chi connectivity index (χ2v) is 5.73. The second-order valence-electron chi connectivity index (χ2n) is 4.87. The molecule has 1 N–H and O–H groups in total. The molecule has 6 nitrogen and oxygen atoms in total. The van der Waals surface area contributed by atoms with Crippen molar-refractivity contribution in [2.24, 2.45) is 0 Å². The van der Waals surface area contributed by atoms with Gasteiger partial charge in [-0.3, -0.25) is 14.9 Å². The van der Waals surface area contributed by atoms with Gasteiger partial charge in [0, 0.05) is 10.5 Å². The van der Waals surface area contributed by atoms with Gasteiger partial charge in [0.2, 0.25) is 0 Å². The normalized spacial score (nSPS) is 10.4. The summed E-state index contributed by atoms with van der Waals surface area (Å²) in [4.78, 5) is 22.9. The number of benzene rings is 2. The Morgan fingerprint density at radius 1 is 1.04 bits per heavy atom. The predicted molar refractivity (Wildman–Crippen MR) is 92.9 cm³/mol. The van der Waals surface area contributed by atoms with Gasteiger partial charge < -0.3 is 9.73 Å². The second kappa shape index (κ2) is 6.67. The first-order valence-corrected chi connectivity index (χ1v) is 7.75. The zero-order valence-corrected chi connectivity index (χ0v) is 13.8. The van der Waals surface area contributed by atoms with E-state index in [0.29, 0.717) is 11.3 Å². The minimum Gasteiger partial charge on any atom is -0.451 e. The SMILES string of the molecule is O=C(Nc1ccccc1Br)c1ccc(-c2ccccc2[N+](=O)[O-])o1. The number of hydrogen-bond donors (Lipinski definition) is 1. The summed E-state index contributed by atoms with van der Waals surface area (Å²) in [7, 11) is 0. The summed E-state index contributed by atoms with van der Waals surface area (Å²) < 4.78 is 6.24. The smallest absolute Gasteiger partial charge is 0.291 e. The molecular formula is C17H11BrN2O4. The number of nitro benzene ring substituents is 1. The number of furan rings is 1. The van der Waals surface area contributed by atoms with Crippen LogP contribution in [0.5, 0.6) is 0 Å². The molecule has 7 heteroatoms. The molecule has 0 spiro atoms. The Hall–Kier alpha value is -2.93. The van der Waals surface area contributed by atoms with Crippen LogP contribution >= 0.6 is 15.9 Å². The molecule has 0 aliphatic rings. The third-order valence-corrected chi connectivity index (χ3v) is 4.01. The summed E-state index contributed by atoms with van der Waals surface area (Å²) in [5, 5.41) is 13.8. The predicted octanol–water partition coefficient (Wildman–Crippen LogP) is 4.87. The lowest BCUT2D eigenvalue weighted by atomic mass is 10.1. The molecule has 0 saturated heterocycles. The molecule has 24 heavy (non-hydrogen) atoms. The highest BCUT2D eigenvalue weighted by Gasteiger charge is 2.19. The average molecular weight is 387 g/mol. The third-order valence-electron chi connectivity index (χ3n) is 3.32. The topological polar surface area (TPSA) is 85.4 Å². The molecule has 0 unspecified atom stereocenters. The number of hydrogen-bond acceptors (Lipinski definition) is 4. The fraction of sp³-hybridized carbons (Fsp3) is 0. The molecule has 0 atom stereocenters. The van der Waals surface area contributed by atoms with Crippen molar-refractivity contribution in [2.75, 3.05) is 5.32 Å². The quantitative estimate of drug-likeness (QED) is 0.511. The maximum absolute atomic E-state index is 12.3. The number of rotatable bonds is 4. The Labute approximate surface area is 145 Å². The van der Waals surface area contributed by atoms with Crippen LogP contribution in [0.3, 0.4) is 0 Å². The first kappa shape index (κ1) is 15.9. The Morgan fingerprint density at radius 2 is 1.75 bits per heavy atom. The van der Waals surface area contributed by atoms with Crippen LogP contribution < -0.4 is 5.32 Å². The van der Waals surface area contributed by atoms with Gasteiger partial charge in [-0.2, -0.15) is 0 Å². The van der Waals surface area contributed by atoms with Gasteiger partial charge in [0.25, 0.3) is 11.6 Å². The van der Waals surface area contributed by atoms with Crippen molar-refractivity contribution in [2.45, 2.75) is 0 Å².